The van der Waals surface area contributed by atoms with Gasteiger partial charge in [0.05, 0.1) is 5.56 Å². The highest BCUT2D eigenvalue weighted by molar-refractivity contribution is 6.33. The van der Waals surface area contributed by atoms with Crippen LogP contribution >= 0.6 is 11.6 Å². The van der Waals surface area contributed by atoms with Gasteiger partial charge in [0.15, 0.2) is 0 Å². The first-order chi connectivity index (χ1) is 8.91. The maximum absolute atomic E-state index is 12.7. The van der Waals surface area contributed by atoms with Crippen LogP contribution in [0, 0.1) is 0 Å². The Morgan fingerprint density at radius 2 is 1.63 bits per heavy atom. The summed E-state index contributed by atoms with van der Waals surface area (Å²) >= 11 is 5.96. The Morgan fingerprint density at radius 1 is 1.00 bits per heavy atom. The lowest BCUT2D eigenvalue weighted by Gasteiger charge is -2.11. The molecule has 2 aromatic carbocycles. The van der Waals surface area contributed by atoms with Gasteiger partial charge in [-0.2, -0.15) is 13.2 Å². The zero-order valence-corrected chi connectivity index (χ0v) is 10.6. The van der Waals surface area contributed by atoms with Crippen LogP contribution in [0.4, 0.5) is 13.2 Å². The zero-order chi connectivity index (χ0) is 14.0. The second kappa shape index (κ2) is 5.23. The number of alkyl halides is 3. The summed E-state index contributed by atoms with van der Waals surface area (Å²) in [4.78, 5) is 0. The third kappa shape index (κ3) is 3.08. The molecule has 5 heteroatoms. The molecule has 0 saturated carbocycles. The molecular formula is C14H11ClF3N. The number of hydrogen-bond donors (Lipinski definition) is 1. The normalized spacial score (nSPS) is 11.6. The number of benzene rings is 2. The van der Waals surface area contributed by atoms with Crippen LogP contribution in [-0.2, 0) is 12.7 Å². The summed E-state index contributed by atoms with van der Waals surface area (Å²) in [5, 5.41) is 0.286. The first-order valence-electron chi connectivity index (χ1n) is 5.58. The topological polar surface area (TPSA) is 26.0 Å². The molecule has 0 aliphatic heterocycles. The van der Waals surface area contributed by atoms with Crippen LogP contribution < -0.4 is 5.73 Å². The fourth-order valence-electron chi connectivity index (χ4n) is 1.74. The highest BCUT2D eigenvalue weighted by atomic mass is 35.5. The fraction of sp³-hybridized carbons (Fsp3) is 0.143. The van der Waals surface area contributed by atoms with Crippen molar-refractivity contribution in [3.63, 3.8) is 0 Å². The molecule has 0 spiro atoms. The molecule has 0 aliphatic carbocycles. The van der Waals surface area contributed by atoms with E-state index in [1.165, 1.54) is 6.07 Å². The summed E-state index contributed by atoms with van der Waals surface area (Å²) in [6.07, 6.45) is -4.38. The Hall–Kier alpha value is -1.52. The lowest BCUT2D eigenvalue weighted by molar-refractivity contribution is -0.137. The molecule has 100 valence electrons. The Kier molecular flexibility index (Phi) is 3.83. The largest absolute Gasteiger partial charge is 0.416 e. The van der Waals surface area contributed by atoms with Gasteiger partial charge in [-0.05, 0) is 29.3 Å². The van der Waals surface area contributed by atoms with E-state index in [2.05, 4.69) is 0 Å². The Labute approximate surface area is 113 Å². The number of hydrogen-bond acceptors (Lipinski definition) is 1. The van der Waals surface area contributed by atoms with Gasteiger partial charge in [-0.1, -0.05) is 35.9 Å². The van der Waals surface area contributed by atoms with Gasteiger partial charge in [0.1, 0.15) is 0 Å². The molecule has 0 aromatic heterocycles. The van der Waals surface area contributed by atoms with Gasteiger partial charge in [-0.25, -0.2) is 0 Å². The standard InChI is InChI=1S/C14H11ClF3N/c15-13-6-5-11(14(16,17)18)7-12(13)10-3-1-9(8-19)2-4-10/h1-7H,8,19H2. The lowest BCUT2D eigenvalue weighted by atomic mass is 10.0. The highest BCUT2D eigenvalue weighted by Gasteiger charge is 2.31. The van der Waals surface area contributed by atoms with Crippen LogP contribution in [0.3, 0.4) is 0 Å². The summed E-state index contributed by atoms with van der Waals surface area (Å²) in [6, 6.07) is 10.3. The maximum atomic E-state index is 12.7. The van der Waals surface area contributed by atoms with Gasteiger partial charge in [-0.3, -0.25) is 0 Å². The van der Waals surface area contributed by atoms with E-state index in [0.717, 1.165) is 17.7 Å². The van der Waals surface area contributed by atoms with Crippen molar-refractivity contribution in [2.45, 2.75) is 12.7 Å². The van der Waals surface area contributed by atoms with E-state index in [0.29, 0.717) is 17.7 Å². The van der Waals surface area contributed by atoms with Crippen molar-refractivity contribution in [3.05, 3.63) is 58.6 Å². The molecule has 0 saturated heterocycles. The van der Waals surface area contributed by atoms with Gasteiger partial charge < -0.3 is 5.73 Å². The van der Waals surface area contributed by atoms with Gasteiger partial charge in [0, 0.05) is 17.1 Å². The minimum Gasteiger partial charge on any atom is -0.326 e. The Balaban J connectivity index is 2.48. The quantitative estimate of drug-likeness (QED) is 0.865. The molecule has 2 N–H and O–H groups in total. The van der Waals surface area contributed by atoms with E-state index in [1.807, 2.05) is 0 Å². The molecule has 2 aromatic rings. The Morgan fingerprint density at radius 3 is 2.16 bits per heavy atom. The summed E-state index contributed by atoms with van der Waals surface area (Å²) < 4.78 is 38.0. The molecule has 0 radical (unpaired) electrons. The number of rotatable bonds is 2. The van der Waals surface area contributed by atoms with Gasteiger partial charge in [0.25, 0.3) is 0 Å². The molecular weight excluding hydrogens is 275 g/mol. The van der Waals surface area contributed by atoms with E-state index in [1.54, 1.807) is 24.3 Å². The summed E-state index contributed by atoms with van der Waals surface area (Å²) in [7, 11) is 0. The molecule has 0 fully saturated rings. The lowest BCUT2D eigenvalue weighted by Crippen LogP contribution is -2.04. The average Bonchev–Trinajstić information content (AvgIpc) is 2.38. The molecule has 0 heterocycles. The fourth-order valence-corrected chi connectivity index (χ4v) is 1.97. The molecule has 0 amide bonds. The van der Waals surface area contributed by atoms with Crippen molar-refractivity contribution in [2.24, 2.45) is 5.73 Å². The third-order valence-corrected chi connectivity index (χ3v) is 3.12. The maximum Gasteiger partial charge on any atom is 0.416 e. The van der Waals surface area contributed by atoms with Crippen LogP contribution in [0.25, 0.3) is 11.1 Å². The second-order valence-electron chi connectivity index (χ2n) is 4.09. The SMILES string of the molecule is NCc1ccc(-c2cc(C(F)(F)F)ccc2Cl)cc1. The first-order valence-corrected chi connectivity index (χ1v) is 5.96. The van der Waals surface area contributed by atoms with E-state index in [4.69, 9.17) is 17.3 Å². The van der Waals surface area contributed by atoms with E-state index < -0.39 is 11.7 Å². The van der Waals surface area contributed by atoms with Crippen molar-refractivity contribution in [1.82, 2.24) is 0 Å². The van der Waals surface area contributed by atoms with Gasteiger partial charge in [0.2, 0.25) is 0 Å². The van der Waals surface area contributed by atoms with Crippen LogP contribution in [0.1, 0.15) is 11.1 Å². The number of nitrogens with two attached hydrogens (primary N) is 1. The van der Waals surface area contributed by atoms with Gasteiger partial charge in [-0.15, -0.1) is 0 Å². The minimum atomic E-state index is -4.38. The van der Waals surface area contributed by atoms with Crippen molar-refractivity contribution in [3.8, 4) is 11.1 Å². The summed E-state index contributed by atoms with van der Waals surface area (Å²) in [5.41, 5.74) is 6.66. The molecule has 0 aliphatic rings. The predicted octanol–water partition coefficient (Wildman–Crippen LogP) is 4.48. The molecule has 1 nitrogen and oxygen atoms in total. The smallest absolute Gasteiger partial charge is 0.326 e. The molecule has 19 heavy (non-hydrogen) atoms. The van der Waals surface area contributed by atoms with Crippen LogP contribution in [0.5, 0.6) is 0 Å². The van der Waals surface area contributed by atoms with E-state index >= 15 is 0 Å². The predicted molar refractivity (Wildman–Crippen MR) is 69.8 cm³/mol. The molecule has 0 unspecified atom stereocenters. The molecule has 0 atom stereocenters. The van der Waals surface area contributed by atoms with Crippen LogP contribution in [-0.4, -0.2) is 0 Å². The average molecular weight is 286 g/mol. The van der Waals surface area contributed by atoms with Gasteiger partial charge >= 0.3 is 6.18 Å². The van der Waals surface area contributed by atoms with Crippen molar-refractivity contribution < 1.29 is 13.2 Å². The molecule has 2 rings (SSSR count). The van der Waals surface area contributed by atoms with Crippen molar-refractivity contribution in [2.75, 3.05) is 0 Å². The zero-order valence-electron chi connectivity index (χ0n) is 9.84. The first kappa shape index (κ1) is 13.9. The van der Waals surface area contributed by atoms with Crippen LogP contribution in [0.15, 0.2) is 42.5 Å². The molecule has 0 bridgehead atoms. The summed E-state index contributed by atoms with van der Waals surface area (Å²) in [5.74, 6) is 0. The Bertz CT molecular complexity index is 576. The second-order valence-corrected chi connectivity index (χ2v) is 4.50. The number of halogens is 4. The van der Waals surface area contributed by atoms with E-state index in [9.17, 15) is 13.2 Å². The summed E-state index contributed by atoms with van der Waals surface area (Å²) in [6.45, 7) is 0.386. The highest BCUT2D eigenvalue weighted by Crippen LogP contribution is 2.35. The van der Waals surface area contributed by atoms with Crippen LogP contribution in [0.2, 0.25) is 5.02 Å². The third-order valence-electron chi connectivity index (χ3n) is 2.79. The van der Waals surface area contributed by atoms with Crippen molar-refractivity contribution >= 4 is 11.6 Å². The monoisotopic (exact) mass is 285 g/mol. The van der Waals surface area contributed by atoms with E-state index in [-0.39, 0.29) is 5.02 Å². The minimum absolute atomic E-state index is 0.286. The van der Waals surface area contributed by atoms with Crippen molar-refractivity contribution in [1.29, 1.82) is 0 Å².